The van der Waals surface area contributed by atoms with Gasteiger partial charge in [0, 0.05) is 0 Å². The van der Waals surface area contributed by atoms with Gasteiger partial charge in [0.1, 0.15) is 0 Å². The SMILES string of the molecule is CCCC1(C(=O)OC(C)C)C=CC=CC1CCc1ccccc1. The minimum atomic E-state index is -0.511. The van der Waals surface area contributed by atoms with Gasteiger partial charge in [0.15, 0.2) is 0 Å². The molecule has 2 heteroatoms. The minimum absolute atomic E-state index is 0.0759. The zero-order valence-electron chi connectivity index (χ0n) is 14.5. The molecule has 23 heavy (non-hydrogen) atoms. The van der Waals surface area contributed by atoms with Gasteiger partial charge in [-0.1, -0.05) is 68.0 Å². The summed E-state index contributed by atoms with van der Waals surface area (Å²) in [4.78, 5) is 12.8. The summed E-state index contributed by atoms with van der Waals surface area (Å²) >= 11 is 0. The van der Waals surface area contributed by atoms with Crippen LogP contribution in [0.4, 0.5) is 0 Å². The molecule has 0 amide bonds. The second-order valence-corrected chi connectivity index (χ2v) is 6.62. The highest BCUT2D eigenvalue weighted by Gasteiger charge is 2.43. The summed E-state index contributed by atoms with van der Waals surface area (Å²) in [6.45, 7) is 5.96. The lowest BCUT2D eigenvalue weighted by Crippen LogP contribution is -2.40. The van der Waals surface area contributed by atoms with Crippen molar-refractivity contribution in [3.05, 3.63) is 60.2 Å². The average Bonchev–Trinajstić information content (AvgIpc) is 2.54. The average molecular weight is 312 g/mol. The van der Waals surface area contributed by atoms with Crippen LogP contribution in [-0.4, -0.2) is 12.1 Å². The van der Waals surface area contributed by atoms with Gasteiger partial charge in [-0.05, 0) is 44.6 Å². The van der Waals surface area contributed by atoms with Crippen LogP contribution in [0.1, 0.15) is 45.6 Å². The molecule has 0 fully saturated rings. The van der Waals surface area contributed by atoms with Gasteiger partial charge in [-0.15, -0.1) is 0 Å². The van der Waals surface area contributed by atoms with Crippen LogP contribution < -0.4 is 0 Å². The van der Waals surface area contributed by atoms with Gasteiger partial charge in [0.25, 0.3) is 0 Å². The van der Waals surface area contributed by atoms with Gasteiger partial charge in [-0.3, -0.25) is 4.79 Å². The molecule has 2 rings (SSSR count). The molecule has 0 heterocycles. The van der Waals surface area contributed by atoms with Crippen LogP contribution in [-0.2, 0) is 16.0 Å². The molecule has 124 valence electrons. The Morgan fingerprint density at radius 1 is 1.22 bits per heavy atom. The lowest BCUT2D eigenvalue weighted by atomic mass is 9.68. The maximum atomic E-state index is 12.8. The quantitative estimate of drug-likeness (QED) is 0.655. The highest BCUT2D eigenvalue weighted by molar-refractivity contribution is 5.80. The Kier molecular flexibility index (Phi) is 6.20. The minimum Gasteiger partial charge on any atom is -0.462 e. The molecule has 1 aliphatic carbocycles. The molecular formula is C21H28O2. The van der Waals surface area contributed by atoms with E-state index in [9.17, 15) is 4.79 Å². The van der Waals surface area contributed by atoms with Crippen molar-refractivity contribution in [2.75, 3.05) is 0 Å². The van der Waals surface area contributed by atoms with Crippen molar-refractivity contribution in [3.63, 3.8) is 0 Å². The Balaban J connectivity index is 2.17. The van der Waals surface area contributed by atoms with Gasteiger partial charge in [-0.2, -0.15) is 0 Å². The number of carbonyl (C=O) groups excluding carboxylic acids is 1. The highest BCUT2D eigenvalue weighted by Crippen LogP contribution is 2.42. The van der Waals surface area contributed by atoms with Crippen molar-refractivity contribution < 1.29 is 9.53 Å². The van der Waals surface area contributed by atoms with Gasteiger partial charge in [0.05, 0.1) is 11.5 Å². The summed E-state index contributed by atoms with van der Waals surface area (Å²) < 4.78 is 5.60. The molecule has 0 saturated heterocycles. The number of allylic oxidation sites excluding steroid dienone is 3. The first-order valence-electron chi connectivity index (χ1n) is 8.69. The Hall–Kier alpha value is -1.83. The van der Waals surface area contributed by atoms with E-state index in [4.69, 9.17) is 4.74 Å². The molecule has 0 N–H and O–H groups in total. The third-order valence-electron chi connectivity index (χ3n) is 4.48. The number of ether oxygens (including phenoxy) is 1. The van der Waals surface area contributed by atoms with E-state index in [0.29, 0.717) is 0 Å². The first-order chi connectivity index (χ1) is 11.1. The summed E-state index contributed by atoms with van der Waals surface area (Å²) in [6.07, 6.45) is 12.0. The number of hydrogen-bond donors (Lipinski definition) is 0. The van der Waals surface area contributed by atoms with Crippen molar-refractivity contribution in [1.29, 1.82) is 0 Å². The van der Waals surface area contributed by atoms with Crippen LogP contribution in [0.15, 0.2) is 54.6 Å². The highest BCUT2D eigenvalue weighted by atomic mass is 16.5. The third-order valence-corrected chi connectivity index (χ3v) is 4.48. The monoisotopic (exact) mass is 312 g/mol. The van der Waals surface area contributed by atoms with Crippen molar-refractivity contribution >= 4 is 5.97 Å². The zero-order chi connectivity index (χ0) is 16.7. The number of carbonyl (C=O) groups is 1. The molecule has 0 aliphatic heterocycles. The lowest BCUT2D eigenvalue weighted by molar-refractivity contribution is -0.159. The Morgan fingerprint density at radius 2 is 1.96 bits per heavy atom. The molecule has 2 atom stereocenters. The van der Waals surface area contributed by atoms with Crippen LogP contribution in [0.3, 0.4) is 0 Å². The fourth-order valence-electron chi connectivity index (χ4n) is 3.37. The molecule has 1 aromatic carbocycles. The summed E-state index contributed by atoms with van der Waals surface area (Å²) in [5, 5.41) is 0. The fraction of sp³-hybridized carbons (Fsp3) is 0.476. The number of benzene rings is 1. The summed E-state index contributed by atoms with van der Waals surface area (Å²) in [5.41, 5.74) is 0.806. The van der Waals surface area contributed by atoms with Gasteiger partial charge < -0.3 is 4.74 Å². The smallest absolute Gasteiger partial charge is 0.316 e. The number of hydrogen-bond acceptors (Lipinski definition) is 2. The number of rotatable bonds is 7. The molecule has 0 bridgehead atoms. The summed E-state index contributed by atoms with van der Waals surface area (Å²) in [5.74, 6) is 0.118. The summed E-state index contributed by atoms with van der Waals surface area (Å²) in [6, 6.07) is 10.5. The van der Waals surface area contributed by atoms with Crippen LogP contribution in [0, 0.1) is 11.3 Å². The normalized spacial score (nSPS) is 23.2. The zero-order valence-corrected chi connectivity index (χ0v) is 14.5. The molecule has 1 aromatic rings. The van der Waals surface area contributed by atoms with Gasteiger partial charge in [0.2, 0.25) is 0 Å². The van der Waals surface area contributed by atoms with Crippen LogP contribution in [0.25, 0.3) is 0 Å². The second-order valence-electron chi connectivity index (χ2n) is 6.62. The first kappa shape index (κ1) is 17.5. The lowest BCUT2D eigenvalue weighted by Gasteiger charge is -2.37. The van der Waals surface area contributed by atoms with Crippen LogP contribution in [0.2, 0.25) is 0 Å². The van der Waals surface area contributed by atoms with E-state index in [0.717, 1.165) is 25.7 Å². The molecule has 2 nitrogen and oxygen atoms in total. The molecule has 0 spiro atoms. The maximum absolute atomic E-state index is 12.8. The number of esters is 1. The Labute approximate surface area is 140 Å². The molecule has 0 aromatic heterocycles. The molecule has 1 aliphatic rings. The maximum Gasteiger partial charge on any atom is 0.316 e. The standard InChI is InChI=1S/C21H28O2/c1-4-15-21(20(22)23-17(2)3)16-9-8-12-19(21)14-13-18-10-6-5-7-11-18/h5-12,16-17,19H,4,13-15H2,1-3H3. The van der Waals surface area contributed by atoms with Gasteiger partial charge >= 0.3 is 5.97 Å². The second kappa shape index (κ2) is 8.14. The van der Waals surface area contributed by atoms with Crippen molar-refractivity contribution in [2.24, 2.45) is 11.3 Å². The van der Waals surface area contributed by atoms with E-state index in [-0.39, 0.29) is 18.0 Å². The van der Waals surface area contributed by atoms with Crippen LogP contribution in [0.5, 0.6) is 0 Å². The molecular weight excluding hydrogens is 284 g/mol. The van der Waals surface area contributed by atoms with E-state index in [1.807, 2.05) is 26.0 Å². The van der Waals surface area contributed by atoms with Crippen molar-refractivity contribution in [3.8, 4) is 0 Å². The molecule has 0 radical (unpaired) electrons. The number of aryl methyl sites for hydroxylation is 1. The molecule has 0 saturated carbocycles. The predicted molar refractivity (Wildman–Crippen MR) is 95.1 cm³/mol. The van der Waals surface area contributed by atoms with E-state index >= 15 is 0 Å². The first-order valence-corrected chi connectivity index (χ1v) is 8.69. The Bertz CT molecular complexity index is 556. The van der Waals surface area contributed by atoms with E-state index < -0.39 is 5.41 Å². The van der Waals surface area contributed by atoms with Crippen molar-refractivity contribution in [2.45, 2.75) is 52.6 Å². The Morgan fingerprint density at radius 3 is 2.61 bits per heavy atom. The third kappa shape index (κ3) is 4.34. The molecule has 2 unspecified atom stereocenters. The van der Waals surface area contributed by atoms with E-state index in [1.165, 1.54) is 5.56 Å². The van der Waals surface area contributed by atoms with E-state index in [1.54, 1.807) is 0 Å². The fourth-order valence-corrected chi connectivity index (χ4v) is 3.37. The van der Waals surface area contributed by atoms with Gasteiger partial charge in [-0.25, -0.2) is 0 Å². The largest absolute Gasteiger partial charge is 0.462 e. The van der Waals surface area contributed by atoms with Crippen LogP contribution >= 0.6 is 0 Å². The van der Waals surface area contributed by atoms with E-state index in [2.05, 4.69) is 49.4 Å². The topological polar surface area (TPSA) is 26.3 Å². The summed E-state index contributed by atoms with van der Waals surface area (Å²) in [7, 11) is 0. The van der Waals surface area contributed by atoms with Crippen molar-refractivity contribution in [1.82, 2.24) is 0 Å². The predicted octanol–water partition coefficient (Wildman–Crippen LogP) is 5.10.